The molecule has 3 rings (SSSR count). The summed E-state index contributed by atoms with van der Waals surface area (Å²) in [4.78, 5) is 19.5. The fourth-order valence-electron chi connectivity index (χ4n) is 1.40. The van der Waals surface area contributed by atoms with Gasteiger partial charge in [-0.1, -0.05) is 0 Å². The molecule has 0 fully saturated rings. The molecule has 0 atom stereocenters. The average Bonchev–Trinajstić information content (AvgIpc) is 2.74. The number of hydrogen-bond donors (Lipinski definition) is 1. The topological polar surface area (TPSA) is 67.3 Å². The van der Waals surface area contributed by atoms with Crippen LogP contribution in [0.5, 0.6) is 0 Å². The zero-order chi connectivity index (χ0) is 10.1. The molecule has 5 heteroatoms. The highest BCUT2D eigenvalue weighted by molar-refractivity contribution is 5.74. The van der Waals surface area contributed by atoms with Crippen LogP contribution in [0.2, 0.25) is 0 Å². The Kier molecular flexibility index (Phi) is 1.68. The van der Waals surface area contributed by atoms with Crippen LogP contribution in [-0.2, 0) is 0 Å². The van der Waals surface area contributed by atoms with Crippen molar-refractivity contribution >= 4 is 11.2 Å². The van der Waals surface area contributed by atoms with Crippen molar-refractivity contribution in [1.82, 2.24) is 24.9 Å². The van der Waals surface area contributed by atoms with Crippen LogP contribution in [0.25, 0.3) is 22.6 Å². The summed E-state index contributed by atoms with van der Waals surface area (Å²) in [6, 6.07) is 3.81. The highest BCUT2D eigenvalue weighted by Gasteiger charge is 2.04. The first-order valence-electron chi connectivity index (χ1n) is 4.49. The molecule has 0 aromatic carbocycles. The van der Waals surface area contributed by atoms with Gasteiger partial charge in [0.15, 0.2) is 5.65 Å². The fraction of sp³-hybridized carbons (Fsp3) is 0. The highest BCUT2D eigenvalue weighted by Crippen LogP contribution is 2.16. The number of fused-ring (bicyclic) bond motifs is 1. The molecule has 0 unspecified atom stereocenters. The second-order valence-electron chi connectivity index (χ2n) is 3.08. The Hall–Kier alpha value is -2.30. The summed E-state index contributed by atoms with van der Waals surface area (Å²) in [7, 11) is 0. The normalized spacial score (nSPS) is 10.7. The fourth-order valence-corrected chi connectivity index (χ4v) is 1.40. The molecular weight excluding hydrogens is 190 g/mol. The molecule has 0 radical (unpaired) electrons. The number of aromatic nitrogens is 5. The van der Waals surface area contributed by atoms with Crippen LogP contribution in [0, 0.1) is 0 Å². The van der Waals surface area contributed by atoms with Gasteiger partial charge in [0.25, 0.3) is 0 Å². The van der Waals surface area contributed by atoms with Gasteiger partial charge in [0.1, 0.15) is 17.7 Å². The molecule has 5 nitrogen and oxygen atoms in total. The van der Waals surface area contributed by atoms with Gasteiger partial charge in [-0.2, -0.15) is 0 Å². The molecule has 0 amide bonds. The van der Waals surface area contributed by atoms with Crippen molar-refractivity contribution in [1.29, 1.82) is 0 Å². The van der Waals surface area contributed by atoms with Crippen LogP contribution in [0.15, 0.2) is 37.1 Å². The quantitative estimate of drug-likeness (QED) is 0.640. The number of nitrogens with zero attached hydrogens (tertiary/aromatic N) is 4. The van der Waals surface area contributed by atoms with E-state index < -0.39 is 0 Å². The van der Waals surface area contributed by atoms with Crippen LogP contribution < -0.4 is 0 Å². The molecule has 0 aliphatic carbocycles. The lowest BCUT2D eigenvalue weighted by atomic mass is 10.3. The first-order valence-corrected chi connectivity index (χ1v) is 4.49. The third kappa shape index (κ3) is 1.34. The standard InChI is InChI=1S/C10H7N5/c1-2-7(4-11-3-1)9-14-8-5-12-6-13-10(8)15-9/h1-6H,(H,12,13,14,15). The van der Waals surface area contributed by atoms with Gasteiger partial charge < -0.3 is 4.98 Å². The van der Waals surface area contributed by atoms with Crippen molar-refractivity contribution in [3.05, 3.63) is 37.1 Å². The second-order valence-corrected chi connectivity index (χ2v) is 3.08. The van der Waals surface area contributed by atoms with Gasteiger partial charge in [0.2, 0.25) is 0 Å². The van der Waals surface area contributed by atoms with E-state index in [0.29, 0.717) is 0 Å². The molecule has 0 spiro atoms. The largest absolute Gasteiger partial charge is 0.322 e. The van der Waals surface area contributed by atoms with E-state index in [1.165, 1.54) is 6.33 Å². The van der Waals surface area contributed by atoms with Gasteiger partial charge in [0.05, 0.1) is 6.20 Å². The van der Waals surface area contributed by atoms with E-state index in [4.69, 9.17) is 0 Å². The third-order valence-electron chi connectivity index (χ3n) is 2.10. The third-order valence-corrected chi connectivity index (χ3v) is 2.10. The Morgan fingerprint density at radius 2 is 2.13 bits per heavy atom. The SMILES string of the molecule is c1cncc(-c2nc3cncnc3[nH]2)c1. The van der Waals surface area contributed by atoms with Gasteiger partial charge in [-0.15, -0.1) is 0 Å². The van der Waals surface area contributed by atoms with E-state index in [9.17, 15) is 0 Å². The summed E-state index contributed by atoms with van der Waals surface area (Å²) in [5.41, 5.74) is 2.44. The predicted molar refractivity (Wildman–Crippen MR) is 54.9 cm³/mol. The van der Waals surface area contributed by atoms with Crippen LogP contribution in [-0.4, -0.2) is 24.9 Å². The van der Waals surface area contributed by atoms with E-state index in [1.807, 2.05) is 12.1 Å². The van der Waals surface area contributed by atoms with Crippen molar-refractivity contribution in [2.24, 2.45) is 0 Å². The van der Waals surface area contributed by atoms with Crippen molar-refractivity contribution in [3.63, 3.8) is 0 Å². The first kappa shape index (κ1) is 8.05. The van der Waals surface area contributed by atoms with E-state index in [0.717, 1.165) is 22.6 Å². The van der Waals surface area contributed by atoms with Crippen molar-refractivity contribution in [2.45, 2.75) is 0 Å². The van der Waals surface area contributed by atoms with Crippen LogP contribution >= 0.6 is 0 Å². The number of imidazole rings is 1. The zero-order valence-corrected chi connectivity index (χ0v) is 7.75. The monoisotopic (exact) mass is 197 g/mol. The molecule has 0 saturated carbocycles. The number of H-pyrrole nitrogens is 1. The predicted octanol–water partition coefficient (Wildman–Crippen LogP) is 1.41. The van der Waals surface area contributed by atoms with Gasteiger partial charge >= 0.3 is 0 Å². The summed E-state index contributed by atoms with van der Waals surface area (Å²) < 4.78 is 0. The Bertz CT molecular complexity index is 554. The molecule has 0 aliphatic rings. The Labute approximate surface area is 85.3 Å². The second kappa shape index (κ2) is 3.13. The highest BCUT2D eigenvalue weighted by atomic mass is 15.0. The van der Waals surface area contributed by atoms with Crippen molar-refractivity contribution in [3.8, 4) is 11.4 Å². The maximum atomic E-state index is 4.36. The number of nitrogens with one attached hydrogen (secondary N) is 1. The van der Waals surface area contributed by atoms with E-state index in [-0.39, 0.29) is 0 Å². The Balaban J connectivity index is 2.21. The summed E-state index contributed by atoms with van der Waals surface area (Å²) in [6.45, 7) is 0. The molecule has 0 aliphatic heterocycles. The van der Waals surface area contributed by atoms with Gasteiger partial charge in [0, 0.05) is 18.0 Å². The van der Waals surface area contributed by atoms with Gasteiger partial charge in [-0.05, 0) is 12.1 Å². The molecule has 0 bridgehead atoms. The molecule has 3 heterocycles. The molecule has 3 aromatic rings. The van der Waals surface area contributed by atoms with Crippen molar-refractivity contribution < 1.29 is 0 Å². The first-order chi connectivity index (χ1) is 7.43. The Morgan fingerprint density at radius 3 is 2.93 bits per heavy atom. The smallest absolute Gasteiger partial charge is 0.161 e. The number of hydrogen-bond acceptors (Lipinski definition) is 4. The maximum Gasteiger partial charge on any atom is 0.161 e. The summed E-state index contributed by atoms with van der Waals surface area (Å²) >= 11 is 0. The Morgan fingerprint density at radius 1 is 1.13 bits per heavy atom. The van der Waals surface area contributed by atoms with Gasteiger partial charge in [-0.25, -0.2) is 15.0 Å². The van der Waals surface area contributed by atoms with Gasteiger partial charge in [-0.3, -0.25) is 4.98 Å². The minimum absolute atomic E-state index is 0.740. The molecule has 0 saturated heterocycles. The summed E-state index contributed by atoms with van der Waals surface area (Å²) in [5.74, 6) is 0.763. The summed E-state index contributed by atoms with van der Waals surface area (Å²) in [6.07, 6.45) is 6.66. The molecule has 1 N–H and O–H groups in total. The molecule has 15 heavy (non-hydrogen) atoms. The van der Waals surface area contributed by atoms with Crippen LogP contribution in [0.3, 0.4) is 0 Å². The summed E-state index contributed by atoms with van der Waals surface area (Å²) in [5, 5.41) is 0. The van der Waals surface area contributed by atoms with Crippen LogP contribution in [0.4, 0.5) is 0 Å². The van der Waals surface area contributed by atoms with E-state index in [2.05, 4.69) is 24.9 Å². The molecule has 72 valence electrons. The lowest BCUT2D eigenvalue weighted by Crippen LogP contribution is -1.80. The van der Waals surface area contributed by atoms with Crippen LogP contribution in [0.1, 0.15) is 0 Å². The average molecular weight is 197 g/mol. The lowest BCUT2D eigenvalue weighted by molar-refractivity contribution is 1.20. The molecular formula is C10H7N5. The number of rotatable bonds is 1. The zero-order valence-electron chi connectivity index (χ0n) is 7.75. The van der Waals surface area contributed by atoms with E-state index >= 15 is 0 Å². The minimum atomic E-state index is 0.740. The lowest BCUT2D eigenvalue weighted by Gasteiger charge is -1.92. The maximum absolute atomic E-state index is 4.36. The molecule has 3 aromatic heterocycles. The number of pyridine rings is 1. The minimum Gasteiger partial charge on any atom is -0.322 e. The van der Waals surface area contributed by atoms with Crippen molar-refractivity contribution in [2.75, 3.05) is 0 Å². The van der Waals surface area contributed by atoms with E-state index in [1.54, 1.807) is 18.6 Å². The number of aromatic amines is 1.